The van der Waals surface area contributed by atoms with Crippen LogP contribution >= 0.6 is 7.82 Å². The second kappa shape index (κ2) is 18.9. The first-order chi connectivity index (χ1) is 35.1. The van der Waals surface area contributed by atoms with E-state index in [4.69, 9.17) is 19.5 Å². The SMILES string of the molecule is Cc1cn([C@H]2C[C@H](O)[C@@H](COP(=O)(O)OCCCCCCNC(=O)c3cc4c5c(ccc4[nH]3)N(C(=O)c3cc4c6c(ccc4[nH]3)N(C(=O)c3cc4c7c(ccc4[nH]3)N(C(N)=O)CC7)CC6)CC5)O2)c(=O)[nH]c1=O. The lowest BCUT2D eigenvalue weighted by Gasteiger charge is -2.18. The lowest BCUT2D eigenvalue weighted by Crippen LogP contribution is -2.33. The number of hydrogen-bond donors (Lipinski definition) is 8. The predicted octanol–water partition coefficient (Wildman–Crippen LogP) is 4.91. The molecule has 73 heavy (non-hydrogen) atoms. The zero-order valence-corrected chi connectivity index (χ0v) is 40.6. The number of phosphoric ester groups is 1. The Balaban J connectivity index is 0.651. The number of aromatic amines is 4. The quantitative estimate of drug-likeness (QED) is 0.0502. The zero-order valence-electron chi connectivity index (χ0n) is 39.7. The van der Waals surface area contributed by atoms with Gasteiger partial charge in [-0.05, 0) is 110 Å². The van der Waals surface area contributed by atoms with E-state index in [0.29, 0.717) is 88.2 Å². The van der Waals surface area contributed by atoms with Gasteiger partial charge in [0.25, 0.3) is 23.3 Å². The molecule has 4 aliphatic rings. The molecule has 5 amide bonds. The highest BCUT2D eigenvalue weighted by Gasteiger charge is 2.38. The van der Waals surface area contributed by atoms with Crippen molar-refractivity contribution in [1.82, 2.24) is 29.8 Å². The average molecular weight is 1020 g/mol. The normalized spacial score (nSPS) is 19.0. The molecule has 0 radical (unpaired) electrons. The van der Waals surface area contributed by atoms with Gasteiger partial charge in [0.1, 0.15) is 29.4 Å². The second-order valence-corrected chi connectivity index (χ2v) is 20.4. The first kappa shape index (κ1) is 48.0. The summed E-state index contributed by atoms with van der Waals surface area (Å²) in [6.45, 7) is 2.85. The average Bonchev–Trinajstić information content (AvgIpc) is 4.23. The Morgan fingerprint density at radius 1 is 0.740 bits per heavy atom. The molecular formula is C50H53N10O12P. The van der Waals surface area contributed by atoms with E-state index in [0.717, 1.165) is 71.0 Å². The van der Waals surface area contributed by atoms with Crippen LogP contribution in [0.5, 0.6) is 0 Å². The van der Waals surface area contributed by atoms with Crippen molar-refractivity contribution in [1.29, 1.82) is 0 Å². The smallest absolute Gasteiger partial charge is 0.390 e. The van der Waals surface area contributed by atoms with Crippen molar-refractivity contribution in [2.24, 2.45) is 5.73 Å². The Hall–Kier alpha value is -7.33. The van der Waals surface area contributed by atoms with Crippen LogP contribution in [-0.4, -0.2) is 110 Å². The van der Waals surface area contributed by atoms with E-state index in [9.17, 15) is 43.3 Å². The van der Waals surface area contributed by atoms with E-state index < -0.39 is 50.1 Å². The fourth-order valence-corrected chi connectivity index (χ4v) is 11.5. The molecule has 7 aromatic rings. The Morgan fingerprint density at radius 3 is 1.84 bits per heavy atom. The number of aromatic nitrogens is 5. The number of aliphatic hydroxyl groups is 1. The summed E-state index contributed by atoms with van der Waals surface area (Å²) in [5, 5.41) is 16.0. The number of aliphatic hydroxyl groups excluding tert-OH is 1. The molecule has 11 rings (SSSR count). The third-order valence-electron chi connectivity index (χ3n) is 14.4. The van der Waals surface area contributed by atoms with Gasteiger partial charge in [-0.3, -0.25) is 42.7 Å². The van der Waals surface area contributed by atoms with Crippen molar-refractivity contribution in [2.45, 2.75) is 76.7 Å². The third-order valence-corrected chi connectivity index (χ3v) is 15.4. The van der Waals surface area contributed by atoms with Crippen LogP contribution in [0.1, 0.15) is 92.1 Å². The van der Waals surface area contributed by atoms with E-state index in [2.05, 4.69) is 25.3 Å². The summed E-state index contributed by atoms with van der Waals surface area (Å²) in [4.78, 5) is 105. The number of benzene rings is 3. The number of amides is 5. The molecule has 22 nitrogen and oxygen atoms in total. The molecule has 4 aromatic heterocycles. The summed E-state index contributed by atoms with van der Waals surface area (Å²) in [5.74, 6) is -0.615. The maximum Gasteiger partial charge on any atom is 0.472 e. The number of nitrogens with one attached hydrogen (secondary N) is 5. The van der Waals surface area contributed by atoms with E-state index in [1.54, 1.807) is 14.7 Å². The predicted molar refractivity (Wildman–Crippen MR) is 269 cm³/mol. The van der Waals surface area contributed by atoms with Crippen LogP contribution in [-0.2, 0) is 37.6 Å². The van der Waals surface area contributed by atoms with Crippen molar-refractivity contribution < 1.29 is 47.5 Å². The molecule has 1 unspecified atom stereocenters. The second-order valence-electron chi connectivity index (χ2n) is 19.0. The Kier molecular flexibility index (Phi) is 12.4. The third kappa shape index (κ3) is 8.93. The van der Waals surface area contributed by atoms with Gasteiger partial charge in [0, 0.05) is 94.1 Å². The van der Waals surface area contributed by atoms with Crippen molar-refractivity contribution in [2.75, 3.05) is 54.1 Å². The maximum absolute atomic E-state index is 14.2. The summed E-state index contributed by atoms with van der Waals surface area (Å²) < 4.78 is 29.5. The molecule has 380 valence electrons. The lowest BCUT2D eigenvalue weighted by molar-refractivity contribution is -0.0465. The van der Waals surface area contributed by atoms with Gasteiger partial charge in [-0.2, -0.15) is 0 Å². The molecule has 23 heteroatoms. The number of unbranched alkanes of at least 4 members (excludes halogenated alkanes) is 3. The molecule has 0 bridgehead atoms. The van der Waals surface area contributed by atoms with E-state index in [-0.39, 0.29) is 36.3 Å². The van der Waals surface area contributed by atoms with Crippen LogP contribution < -0.4 is 37.0 Å². The van der Waals surface area contributed by atoms with Gasteiger partial charge in [0.15, 0.2) is 0 Å². The van der Waals surface area contributed by atoms with Crippen molar-refractivity contribution >= 4 is 81.3 Å². The van der Waals surface area contributed by atoms with Crippen LogP contribution in [0.25, 0.3) is 32.7 Å². The number of primary amides is 1. The summed E-state index contributed by atoms with van der Waals surface area (Å²) in [6, 6.07) is 16.3. The highest BCUT2D eigenvalue weighted by molar-refractivity contribution is 7.47. The Labute approximate surface area is 415 Å². The van der Waals surface area contributed by atoms with E-state index in [1.165, 1.54) is 13.1 Å². The molecule has 9 N–H and O–H groups in total. The number of carbonyl (C=O) groups is 4. The van der Waals surface area contributed by atoms with Crippen LogP contribution in [0.2, 0.25) is 0 Å². The van der Waals surface area contributed by atoms with Crippen molar-refractivity contribution in [3.05, 3.63) is 121 Å². The summed E-state index contributed by atoms with van der Waals surface area (Å²) in [5.41, 5.74) is 13.6. The first-order valence-corrected chi connectivity index (χ1v) is 25.8. The highest BCUT2D eigenvalue weighted by Crippen LogP contribution is 2.45. The number of ether oxygens (including phenoxy) is 1. The number of rotatable bonds is 15. The Morgan fingerprint density at radius 2 is 1.26 bits per heavy atom. The van der Waals surface area contributed by atoms with Crippen molar-refractivity contribution in [3.8, 4) is 0 Å². The molecule has 0 saturated carbocycles. The number of nitrogens with two attached hydrogens (primary N) is 1. The largest absolute Gasteiger partial charge is 0.472 e. The molecule has 1 fully saturated rings. The minimum atomic E-state index is -4.47. The summed E-state index contributed by atoms with van der Waals surface area (Å²) in [7, 11) is -4.47. The fraction of sp³-hybridized carbons (Fsp3) is 0.360. The molecular weight excluding hydrogens is 964 g/mol. The number of anilines is 3. The number of carbonyl (C=O) groups excluding carboxylic acids is 4. The number of urea groups is 1. The van der Waals surface area contributed by atoms with Crippen LogP contribution in [0.3, 0.4) is 0 Å². The van der Waals surface area contributed by atoms with Gasteiger partial charge < -0.3 is 50.5 Å². The van der Waals surface area contributed by atoms with Gasteiger partial charge >= 0.3 is 19.5 Å². The monoisotopic (exact) mass is 1020 g/mol. The fourth-order valence-electron chi connectivity index (χ4n) is 10.7. The number of nitrogens with zero attached hydrogens (tertiary/aromatic N) is 4. The van der Waals surface area contributed by atoms with Gasteiger partial charge in [-0.25, -0.2) is 14.2 Å². The standard InChI is InChI=1S/C50H53N10O12P/c1-26-24-60(50(67)56-45(26)62)44-23-42(61)43(72-44)25-71-73(68,69)70-19-5-3-2-4-15-52-46(63)36-20-30-27-12-16-57(39(27)9-6-33(30)53-36)47(64)37-21-31-28-13-17-58(40(28)10-7-34(31)54-37)48(65)38-22-32-29-14-18-59(49(51)66)41(29)11-8-35(32)55-38/h6-11,20-22,24,42-44,53-55,61H,2-5,12-19,23,25H2,1H3,(H2,51,66)(H,52,63)(H,68,69)(H,56,62,67)/t42-,43+,44+/m0/s1. The first-order valence-electron chi connectivity index (χ1n) is 24.3. The molecule has 4 atom stereocenters. The van der Waals surface area contributed by atoms with Gasteiger partial charge in [0.05, 0.1) is 19.3 Å². The van der Waals surface area contributed by atoms with Crippen molar-refractivity contribution in [3.63, 3.8) is 0 Å². The molecule has 1 saturated heterocycles. The number of H-pyrrole nitrogens is 4. The number of hydrogen-bond acceptors (Lipinski definition) is 11. The van der Waals surface area contributed by atoms with Gasteiger partial charge in [0.2, 0.25) is 0 Å². The van der Waals surface area contributed by atoms with Gasteiger partial charge in [-0.1, -0.05) is 12.8 Å². The van der Waals surface area contributed by atoms with Gasteiger partial charge in [-0.15, -0.1) is 0 Å². The highest BCUT2D eigenvalue weighted by atomic mass is 31.2. The van der Waals surface area contributed by atoms with Crippen LogP contribution in [0, 0.1) is 6.92 Å². The molecule has 8 heterocycles. The minimum Gasteiger partial charge on any atom is -0.390 e. The summed E-state index contributed by atoms with van der Waals surface area (Å²) >= 11 is 0. The lowest BCUT2D eigenvalue weighted by atomic mass is 10.1. The van der Waals surface area contributed by atoms with E-state index >= 15 is 0 Å². The number of aryl methyl sites for hydroxylation is 1. The molecule has 0 spiro atoms. The summed E-state index contributed by atoms with van der Waals surface area (Å²) in [6.07, 6.45) is 2.68. The zero-order chi connectivity index (χ0) is 50.9. The number of fused-ring (bicyclic) bond motifs is 9. The van der Waals surface area contributed by atoms with Crippen LogP contribution in [0.15, 0.2) is 70.4 Å². The van der Waals surface area contributed by atoms with E-state index in [1.807, 2.05) is 54.6 Å². The topological polar surface area (TPSA) is 304 Å². The Bertz CT molecular complexity index is 3580. The minimum absolute atomic E-state index is 0.00784. The van der Waals surface area contributed by atoms with Crippen LogP contribution in [0.4, 0.5) is 21.9 Å². The molecule has 4 aliphatic heterocycles. The molecule has 0 aliphatic carbocycles. The molecule has 3 aromatic carbocycles. The number of phosphoric acid groups is 1. The maximum atomic E-state index is 14.2.